The number of halogens is 1. The molecule has 7 nitrogen and oxygen atoms in total. The smallest absolute Gasteiger partial charge is 0.248 e. The second-order valence-electron chi connectivity index (χ2n) is 7.86. The highest BCUT2D eigenvalue weighted by atomic mass is 19.1. The van der Waals surface area contributed by atoms with Crippen LogP contribution in [0.4, 0.5) is 4.39 Å². The fourth-order valence-corrected chi connectivity index (χ4v) is 4.39. The third-order valence-electron chi connectivity index (χ3n) is 6.30. The lowest BCUT2D eigenvalue weighted by Crippen LogP contribution is -2.53. The van der Waals surface area contributed by atoms with Crippen molar-refractivity contribution < 1.29 is 19.1 Å². The third kappa shape index (κ3) is 3.48. The van der Waals surface area contributed by atoms with E-state index in [-0.39, 0.29) is 36.6 Å². The summed E-state index contributed by atoms with van der Waals surface area (Å²) in [6.45, 7) is 2.49. The zero-order chi connectivity index (χ0) is 19.7. The highest BCUT2D eigenvalue weighted by Gasteiger charge is 2.51. The number of rotatable bonds is 4. The Bertz CT molecular complexity index is 694. The highest BCUT2D eigenvalue weighted by Crippen LogP contribution is 2.48. The lowest BCUT2D eigenvalue weighted by molar-refractivity contribution is -0.138. The van der Waals surface area contributed by atoms with Crippen LogP contribution < -0.4 is 0 Å². The molecule has 0 radical (unpaired) electrons. The first-order valence-corrected chi connectivity index (χ1v) is 9.29. The van der Waals surface area contributed by atoms with E-state index < -0.39 is 24.4 Å². The monoisotopic (exact) mass is 376 g/mol. The molecule has 0 bridgehead atoms. The summed E-state index contributed by atoms with van der Waals surface area (Å²) in [6, 6.07) is 1.29. The van der Waals surface area contributed by atoms with E-state index in [9.17, 15) is 19.2 Å². The second-order valence-corrected chi connectivity index (χ2v) is 7.86. The van der Waals surface area contributed by atoms with Crippen LogP contribution in [0.25, 0.3) is 0 Å². The highest BCUT2D eigenvalue weighted by molar-refractivity contribution is 5.83. The number of aliphatic hydroxyl groups is 1. The Morgan fingerprint density at radius 2 is 2.07 bits per heavy atom. The van der Waals surface area contributed by atoms with Gasteiger partial charge in [-0.1, -0.05) is 13.0 Å². The Morgan fingerprint density at radius 1 is 1.37 bits per heavy atom. The van der Waals surface area contributed by atoms with Gasteiger partial charge in [-0.25, -0.2) is 4.39 Å². The maximum Gasteiger partial charge on any atom is 0.248 e. The number of nitrogens with zero attached hydrogens (tertiary/aromatic N) is 4. The number of carbonyl (C=O) groups excluding carboxylic acids is 2. The van der Waals surface area contributed by atoms with Crippen molar-refractivity contribution in [2.24, 2.45) is 10.4 Å². The molecule has 3 heterocycles. The Hall–Kier alpha value is -2.27. The number of allylic oxidation sites excluding steroid dienone is 1. The summed E-state index contributed by atoms with van der Waals surface area (Å²) in [6.07, 6.45) is 5.65. The van der Waals surface area contributed by atoms with E-state index in [4.69, 9.17) is 5.11 Å². The molecule has 146 valence electrons. The Labute approximate surface area is 158 Å². The van der Waals surface area contributed by atoms with E-state index in [0.29, 0.717) is 25.9 Å². The fourth-order valence-electron chi connectivity index (χ4n) is 4.39. The largest absolute Gasteiger partial charge is 0.387 e. The quantitative estimate of drug-likeness (QED) is 0.786. The maximum atomic E-state index is 13.7. The molecule has 3 aliphatic rings. The van der Waals surface area contributed by atoms with Gasteiger partial charge in [0.15, 0.2) is 0 Å². The molecule has 0 spiro atoms. The van der Waals surface area contributed by atoms with Crippen molar-refractivity contribution in [3.63, 3.8) is 0 Å². The molecule has 0 aromatic heterocycles. The Morgan fingerprint density at radius 3 is 2.63 bits per heavy atom. The van der Waals surface area contributed by atoms with Crippen LogP contribution in [0.3, 0.4) is 0 Å². The number of alkyl halides is 1. The molecule has 0 saturated carbocycles. The Balaban J connectivity index is 1.76. The first-order valence-electron chi connectivity index (χ1n) is 9.29. The minimum atomic E-state index is -1.17. The molecular formula is C19H25FN4O3. The van der Waals surface area contributed by atoms with E-state index >= 15 is 0 Å². The molecule has 2 saturated heterocycles. The van der Waals surface area contributed by atoms with Crippen LogP contribution in [0.5, 0.6) is 0 Å². The number of piperidine rings is 1. The van der Waals surface area contributed by atoms with Gasteiger partial charge in [-0.3, -0.25) is 14.6 Å². The number of hydrogen-bond donors (Lipinski definition) is 1. The van der Waals surface area contributed by atoms with Gasteiger partial charge in [0.05, 0.1) is 24.6 Å². The van der Waals surface area contributed by atoms with E-state index in [1.807, 2.05) is 18.2 Å². The van der Waals surface area contributed by atoms with Crippen LogP contribution in [0, 0.1) is 16.7 Å². The van der Waals surface area contributed by atoms with Crippen LogP contribution in [0.1, 0.15) is 32.6 Å². The molecule has 8 heteroatoms. The topological polar surface area (TPSA) is 97.0 Å². The first-order chi connectivity index (χ1) is 12.8. The van der Waals surface area contributed by atoms with Gasteiger partial charge in [-0.05, 0) is 18.9 Å². The molecule has 27 heavy (non-hydrogen) atoms. The lowest BCUT2D eigenvalue weighted by Gasteiger charge is -2.48. The van der Waals surface area contributed by atoms with Gasteiger partial charge in [0.2, 0.25) is 11.8 Å². The van der Waals surface area contributed by atoms with Crippen LogP contribution in [0.2, 0.25) is 0 Å². The van der Waals surface area contributed by atoms with Gasteiger partial charge < -0.3 is 14.9 Å². The van der Waals surface area contributed by atoms with E-state index in [1.165, 1.54) is 4.90 Å². The zero-order valence-corrected chi connectivity index (χ0v) is 15.5. The zero-order valence-electron chi connectivity index (χ0n) is 15.5. The number of nitriles is 1. The molecule has 0 aliphatic carbocycles. The second kappa shape index (κ2) is 7.39. The molecule has 3 rings (SSSR count). The predicted octanol–water partition coefficient (Wildman–Crippen LogP) is 0.839. The van der Waals surface area contributed by atoms with Crippen molar-refractivity contribution in [3.05, 3.63) is 12.2 Å². The summed E-state index contributed by atoms with van der Waals surface area (Å²) in [7, 11) is 0. The number of aliphatic hydroxyl groups excluding tert-OH is 1. The number of likely N-dealkylation sites (tertiary alicyclic amines) is 2. The van der Waals surface area contributed by atoms with Crippen LogP contribution in [0.15, 0.2) is 17.1 Å². The van der Waals surface area contributed by atoms with Gasteiger partial charge in [0, 0.05) is 31.1 Å². The standard InChI is InChI=1S/C19H25FN4O3/c1-18(4-7-23(8-5-18)17(27)13-25)19(3-2-6-22-19)10-16(26)24-12-14(20)9-15(24)11-21/h2-3,6,14-15,25H,4-5,7-10,12-13H2,1H3. The van der Waals surface area contributed by atoms with Crippen LogP contribution >= 0.6 is 0 Å². The summed E-state index contributed by atoms with van der Waals surface area (Å²) in [5, 5.41) is 18.3. The van der Waals surface area contributed by atoms with Crippen molar-refractivity contribution in [2.45, 2.75) is 50.4 Å². The summed E-state index contributed by atoms with van der Waals surface area (Å²) in [4.78, 5) is 32.2. The molecular weight excluding hydrogens is 351 g/mol. The molecule has 2 amide bonds. The van der Waals surface area contributed by atoms with Crippen molar-refractivity contribution in [1.82, 2.24) is 9.80 Å². The molecule has 3 aliphatic heterocycles. The maximum absolute atomic E-state index is 13.7. The van der Waals surface area contributed by atoms with Crippen molar-refractivity contribution in [1.29, 1.82) is 5.26 Å². The van der Waals surface area contributed by atoms with Gasteiger partial charge in [0.1, 0.15) is 18.8 Å². The van der Waals surface area contributed by atoms with Gasteiger partial charge >= 0.3 is 0 Å². The van der Waals surface area contributed by atoms with Gasteiger partial charge in [0.25, 0.3) is 0 Å². The van der Waals surface area contributed by atoms with E-state index in [1.54, 1.807) is 11.1 Å². The van der Waals surface area contributed by atoms with Crippen molar-refractivity contribution in [3.8, 4) is 6.07 Å². The molecule has 1 N–H and O–H groups in total. The predicted molar refractivity (Wildman–Crippen MR) is 96.6 cm³/mol. The number of amides is 2. The summed E-state index contributed by atoms with van der Waals surface area (Å²) in [5.41, 5.74) is -1.11. The Kier molecular flexibility index (Phi) is 5.33. The van der Waals surface area contributed by atoms with Crippen LogP contribution in [-0.4, -0.2) is 76.9 Å². The van der Waals surface area contributed by atoms with Crippen molar-refractivity contribution >= 4 is 18.0 Å². The number of carbonyl (C=O) groups is 2. The minimum absolute atomic E-state index is 0.0456. The summed E-state index contributed by atoms with van der Waals surface area (Å²) >= 11 is 0. The average Bonchev–Trinajstić information content (AvgIpc) is 3.29. The minimum Gasteiger partial charge on any atom is -0.387 e. The van der Waals surface area contributed by atoms with Gasteiger partial charge in [-0.2, -0.15) is 5.26 Å². The molecule has 2 fully saturated rings. The first kappa shape index (κ1) is 19.5. The SMILES string of the molecule is CC1(C2(CC(=O)N3CC(F)CC3C#N)C=CC=N2)CCN(C(=O)CO)CC1. The average molecular weight is 376 g/mol. The number of hydrogen-bond acceptors (Lipinski definition) is 5. The van der Waals surface area contributed by atoms with Crippen molar-refractivity contribution in [2.75, 3.05) is 26.2 Å². The lowest BCUT2D eigenvalue weighted by atomic mass is 9.64. The third-order valence-corrected chi connectivity index (χ3v) is 6.30. The van der Waals surface area contributed by atoms with Gasteiger partial charge in [-0.15, -0.1) is 0 Å². The summed E-state index contributed by atoms with van der Waals surface area (Å²) in [5.74, 6) is -0.559. The summed E-state index contributed by atoms with van der Waals surface area (Å²) < 4.78 is 13.7. The van der Waals surface area contributed by atoms with E-state index in [0.717, 1.165) is 0 Å². The molecule has 0 aromatic rings. The fraction of sp³-hybridized carbons (Fsp3) is 0.684. The van der Waals surface area contributed by atoms with E-state index in [2.05, 4.69) is 11.9 Å². The molecule has 0 aromatic carbocycles. The van der Waals surface area contributed by atoms with Crippen LogP contribution in [-0.2, 0) is 9.59 Å². The normalized spacial score (nSPS) is 31.9. The molecule has 3 unspecified atom stereocenters. The number of aliphatic imine (C=N–C) groups is 1. The molecule has 3 atom stereocenters.